The third kappa shape index (κ3) is 2.55. The van der Waals surface area contributed by atoms with E-state index < -0.39 is 11.4 Å². The predicted molar refractivity (Wildman–Crippen MR) is 80.3 cm³/mol. The van der Waals surface area contributed by atoms with Crippen LogP contribution >= 0.6 is 0 Å². The summed E-state index contributed by atoms with van der Waals surface area (Å²) < 4.78 is 5.86. The van der Waals surface area contributed by atoms with Gasteiger partial charge in [-0.2, -0.15) is 0 Å². The summed E-state index contributed by atoms with van der Waals surface area (Å²) >= 11 is 0. The third-order valence-electron chi connectivity index (χ3n) is 4.62. The number of benzene rings is 1. The Morgan fingerprint density at radius 3 is 2.67 bits per heavy atom. The lowest BCUT2D eigenvalue weighted by atomic mass is 9.72. The zero-order valence-electron chi connectivity index (χ0n) is 12.6. The number of hydrogen-bond donors (Lipinski definition) is 1. The molecule has 1 aliphatic rings. The summed E-state index contributed by atoms with van der Waals surface area (Å²) in [5, 5.41) is 9.65. The van der Waals surface area contributed by atoms with Gasteiger partial charge in [0.25, 0.3) is 0 Å². The topological polar surface area (TPSA) is 63.3 Å². The fourth-order valence-corrected chi connectivity index (χ4v) is 3.48. The first kappa shape index (κ1) is 14.1. The van der Waals surface area contributed by atoms with Crippen molar-refractivity contribution in [2.45, 2.75) is 52.4 Å². The molecule has 2 aromatic rings. The van der Waals surface area contributed by atoms with Gasteiger partial charge in [0, 0.05) is 6.42 Å². The lowest BCUT2D eigenvalue weighted by Crippen LogP contribution is -2.35. The van der Waals surface area contributed by atoms with Crippen molar-refractivity contribution < 1.29 is 14.3 Å². The maximum Gasteiger partial charge on any atom is 0.310 e. The van der Waals surface area contributed by atoms with Crippen LogP contribution < -0.4 is 0 Å². The summed E-state index contributed by atoms with van der Waals surface area (Å²) in [6.07, 6.45) is 4.92. The Hall–Kier alpha value is -1.84. The molecule has 1 aliphatic carbocycles. The van der Waals surface area contributed by atoms with Crippen molar-refractivity contribution in [1.82, 2.24) is 4.98 Å². The van der Waals surface area contributed by atoms with Crippen LogP contribution in [0, 0.1) is 19.3 Å². The highest BCUT2D eigenvalue weighted by Crippen LogP contribution is 2.40. The Morgan fingerprint density at radius 1 is 1.29 bits per heavy atom. The van der Waals surface area contributed by atoms with Gasteiger partial charge in [0.05, 0.1) is 5.41 Å². The molecule has 1 aromatic heterocycles. The van der Waals surface area contributed by atoms with Crippen molar-refractivity contribution >= 4 is 17.1 Å². The number of carbonyl (C=O) groups is 1. The number of nitrogens with zero attached hydrogens (tertiary/aromatic N) is 1. The van der Waals surface area contributed by atoms with E-state index >= 15 is 0 Å². The monoisotopic (exact) mass is 287 g/mol. The summed E-state index contributed by atoms with van der Waals surface area (Å²) in [5.74, 6) is -0.152. The molecule has 4 nitrogen and oxygen atoms in total. The number of rotatable bonds is 3. The van der Waals surface area contributed by atoms with Gasteiger partial charge in [-0.05, 0) is 43.9 Å². The molecule has 1 saturated carbocycles. The Balaban J connectivity index is 1.96. The van der Waals surface area contributed by atoms with E-state index in [0.717, 1.165) is 54.3 Å². The number of carboxylic acids is 1. The number of carboxylic acid groups (broad SMARTS) is 1. The zero-order valence-corrected chi connectivity index (χ0v) is 12.6. The lowest BCUT2D eigenvalue weighted by molar-refractivity contribution is -0.151. The summed E-state index contributed by atoms with van der Waals surface area (Å²) in [6, 6.07) is 4.05. The second-order valence-electron chi connectivity index (χ2n) is 6.36. The standard InChI is InChI=1S/C17H21NO3/c1-11-8-12(2)15-13(9-11)18-14(21-15)10-17(16(19)20)6-4-3-5-7-17/h8-9H,3-7,10H2,1-2H3,(H,19,20). The molecular weight excluding hydrogens is 266 g/mol. The van der Waals surface area contributed by atoms with Crippen LogP contribution in [-0.2, 0) is 11.2 Å². The van der Waals surface area contributed by atoms with E-state index in [1.165, 1.54) is 0 Å². The van der Waals surface area contributed by atoms with Gasteiger partial charge in [0.15, 0.2) is 11.5 Å². The van der Waals surface area contributed by atoms with E-state index in [2.05, 4.69) is 11.1 Å². The van der Waals surface area contributed by atoms with Crippen LogP contribution in [0.1, 0.15) is 49.1 Å². The number of hydrogen-bond acceptors (Lipinski definition) is 3. The van der Waals surface area contributed by atoms with E-state index in [-0.39, 0.29) is 0 Å². The number of aryl methyl sites for hydroxylation is 2. The molecule has 0 aliphatic heterocycles. The van der Waals surface area contributed by atoms with Gasteiger partial charge in [0.2, 0.25) is 0 Å². The fraction of sp³-hybridized carbons (Fsp3) is 0.529. The van der Waals surface area contributed by atoms with Crippen molar-refractivity contribution in [3.8, 4) is 0 Å². The summed E-state index contributed by atoms with van der Waals surface area (Å²) in [5.41, 5.74) is 3.12. The maximum absolute atomic E-state index is 11.7. The first-order valence-electron chi connectivity index (χ1n) is 7.60. The predicted octanol–water partition coefficient (Wildman–Crippen LogP) is 4.02. The molecule has 0 amide bonds. The van der Waals surface area contributed by atoms with Crippen molar-refractivity contribution in [1.29, 1.82) is 0 Å². The highest BCUT2D eigenvalue weighted by Gasteiger charge is 2.41. The molecule has 21 heavy (non-hydrogen) atoms. The van der Waals surface area contributed by atoms with Gasteiger partial charge in [-0.25, -0.2) is 4.98 Å². The molecular formula is C17H21NO3. The quantitative estimate of drug-likeness (QED) is 0.926. The molecule has 3 rings (SSSR count). The molecule has 0 atom stereocenters. The van der Waals surface area contributed by atoms with Crippen LogP contribution in [0.3, 0.4) is 0 Å². The van der Waals surface area contributed by atoms with Gasteiger partial charge in [-0.3, -0.25) is 4.79 Å². The Labute approximate surface area is 124 Å². The second kappa shape index (κ2) is 5.17. The SMILES string of the molecule is Cc1cc(C)c2oc(CC3(C(=O)O)CCCCC3)nc2c1. The van der Waals surface area contributed by atoms with Gasteiger partial charge < -0.3 is 9.52 Å². The van der Waals surface area contributed by atoms with Crippen LogP contribution in [0.2, 0.25) is 0 Å². The molecule has 0 saturated heterocycles. The number of oxazole rings is 1. The Bertz CT molecular complexity index is 681. The summed E-state index contributed by atoms with van der Waals surface area (Å²) in [7, 11) is 0. The number of fused-ring (bicyclic) bond motifs is 1. The Kier molecular flexibility index (Phi) is 3.47. The largest absolute Gasteiger partial charge is 0.481 e. The van der Waals surface area contributed by atoms with Crippen LogP contribution in [0.15, 0.2) is 16.5 Å². The highest BCUT2D eigenvalue weighted by atomic mass is 16.4. The molecule has 112 valence electrons. The van der Waals surface area contributed by atoms with E-state index in [4.69, 9.17) is 4.42 Å². The molecule has 0 bridgehead atoms. The van der Waals surface area contributed by atoms with Crippen LogP contribution in [0.4, 0.5) is 0 Å². The lowest BCUT2D eigenvalue weighted by Gasteiger charge is -2.31. The molecule has 1 aromatic carbocycles. The molecule has 4 heteroatoms. The van der Waals surface area contributed by atoms with E-state index in [1.54, 1.807) is 0 Å². The van der Waals surface area contributed by atoms with Crippen molar-refractivity contribution in [3.05, 3.63) is 29.2 Å². The van der Waals surface area contributed by atoms with Crippen LogP contribution in [-0.4, -0.2) is 16.1 Å². The highest BCUT2D eigenvalue weighted by molar-refractivity contribution is 5.78. The summed E-state index contributed by atoms with van der Waals surface area (Å²) in [6.45, 7) is 4.03. The van der Waals surface area contributed by atoms with Crippen molar-refractivity contribution in [2.24, 2.45) is 5.41 Å². The fourth-order valence-electron chi connectivity index (χ4n) is 3.48. The van der Waals surface area contributed by atoms with Crippen molar-refractivity contribution in [2.75, 3.05) is 0 Å². The third-order valence-corrected chi connectivity index (χ3v) is 4.62. The van der Waals surface area contributed by atoms with Crippen LogP contribution in [0.25, 0.3) is 11.1 Å². The minimum Gasteiger partial charge on any atom is -0.481 e. The Morgan fingerprint density at radius 2 is 2.00 bits per heavy atom. The smallest absolute Gasteiger partial charge is 0.310 e. The van der Waals surface area contributed by atoms with Gasteiger partial charge in [-0.15, -0.1) is 0 Å². The first-order valence-corrected chi connectivity index (χ1v) is 7.60. The second-order valence-corrected chi connectivity index (χ2v) is 6.36. The molecule has 0 unspecified atom stereocenters. The molecule has 1 heterocycles. The van der Waals surface area contributed by atoms with E-state index in [1.807, 2.05) is 19.9 Å². The van der Waals surface area contributed by atoms with Gasteiger partial charge >= 0.3 is 5.97 Å². The molecule has 0 radical (unpaired) electrons. The minimum atomic E-state index is -0.711. The minimum absolute atomic E-state index is 0.398. The van der Waals surface area contributed by atoms with Crippen LogP contribution in [0.5, 0.6) is 0 Å². The number of aromatic nitrogens is 1. The summed E-state index contributed by atoms with van der Waals surface area (Å²) in [4.78, 5) is 16.3. The zero-order chi connectivity index (χ0) is 15.0. The average Bonchev–Trinajstić information content (AvgIpc) is 2.82. The van der Waals surface area contributed by atoms with E-state index in [9.17, 15) is 9.90 Å². The number of aliphatic carboxylic acids is 1. The normalized spacial score (nSPS) is 18.0. The van der Waals surface area contributed by atoms with Crippen molar-refractivity contribution in [3.63, 3.8) is 0 Å². The van der Waals surface area contributed by atoms with Gasteiger partial charge in [-0.1, -0.05) is 25.3 Å². The maximum atomic E-state index is 11.7. The average molecular weight is 287 g/mol. The van der Waals surface area contributed by atoms with Gasteiger partial charge in [0.1, 0.15) is 5.52 Å². The molecule has 0 spiro atoms. The van der Waals surface area contributed by atoms with E-state index in [0.29, 0.717) is 12.3 Å². The molecule has 1 fully saturated rings. The first-order chi connectivity index (χ1) is 10.00. The molecule has 1 N–H and O–H groups in total.